The van der Waals surface area contributed by atoms with E-state index in [1.807, 2.05) is 12.1 Å². The van der Waals surface area contributed by atoms with Crippen LogP contribution in [0.15, 0.2) is 42.5 Å². The molecule has 2 unspecified atom stereocenters. The normalized spacial score (nSPS) is 25.8. The smallest absolute Gasteiger partial charge is 0.247 e. The lowest BCUT2D eigenvalue weighted by Crippen LogP contribution is -2.58. The number of nitrogens with one attached hydrogen (secondary N) is 1. The van der Waals surface area contributed by atoms with Gasteiger partial charge in [-0.3, -0.25) is 9.69 Å². The summed E-state index contributed by atoms with van der Waals surface area (Å²) < 4.78 is 13.4. The number of hydrogen-bond donors (Lipinski definition) is 1. The van der Waals surface area contributed by atoms with Crippen LogP contribution in [0.2, 0.25) is 10.0 Å². The second-order valence-corrected chi connectivity index (χ2v) is 10.1. The van der Waals surface area contributed by atoms with Crippen molar-refractivity contribution in [1.82, 2.24) is 10.2 Å². The van der Waals surface area contributed by atoms with E-state index in [1.54, 1.807) is 12.1 Å². The van der Waals surface area contributed by atoms with Gasteiger partial charge < -0.3 is 10.2 Å². The Morgan fingerprint density at radius 2 is 1.72 bits per heavy atom. The maximum absolute atomic E-state index is 13.4. The summed E-state index contributed by atoms with van der Waals surface area (Å²) in [7, 11) is 0. The zero-order valence-electron chi connectivity index (χ0n) is 18.0. The molecule has 170 valence electrons. The Morgan fingerprint density at radius 1 is 1.00 bits per heavy atom. The second-order valence-electron chi connectivity index (χ2n) is 9.26. The maximum atomic E-state index is 13.4. The van der Waals surface area contributed by atoms with E-state index in [2.05, 4.69) is 21.2 Å². The molecule has 2 atom stereocenters. The minimum atomic E-state index is -0.559. The number of amides is 1. The molecule has 1 aliphatic carbocycles. The van der Waals surface area contributed by atoms with E-state index >= 15 is 0 Å². The van der Waals surface area contributed by atoms with Gasteiger partial charge in [-0.15, -0.1) is 0 Å². The molecule has 2 aliphatic heterocycles. The molecule has 2 aromatic carbocycles. The molecule has 0 radical (unpaired) electrons. The van der Waals surface area contributed by atoms with Crippen LogP contribution in [0.4, 0.5) is 10.1 Å². The van der Waals surface area contributed by atoms with Gasteiger partial charge in [0.25, 0.3) is 0 Å². The van der Waals surface area contributed by atoms with Crippen molar-refractivity contribution < 1.29 is 9.18 Å². The molecule has 7 heteroatoms. The molecule has 0 aromatic heterocycles. The lowest BCUT2D eigenvalue weighted by molar-refractivity contribution is -0.125. The van der Waals surface area contributed by atoms with Crippen LogP contribution in [-0.4, -0.2) is 42.1 Å². The fourth-order valence-corrected chi connectivity index (χ4v) is 6.53. The van der Waals surface area contributed by atoms with Gasteiger partial charge >= 0.3 is 0 Å². The van der Waals surface area contributed by atoms with E-state index in [1.165, 1.54) is 30.5 Å². The Bertz CT molecular complexity index is 991. The van der Waals surface area contributed by atoms with E-state index in [-0.39, 0.29) is 11.7 Å². The number of carbonyl (C=O) groups excluding carboxylic acids is 1. The van der Waals surface area contributed by atoms with E-state index < -0.39 is 5.54 Å². The first-order valence-corrected chi connectivity index (χ1v) is 12.2. The number of rotatable bonds is 3. The van der Waals surface area contributed by atoms with Gasteiger partial charge in [-0.25, -0.2) is 4.39 Å². The summed E-state index contributed by atoms with van der Waals surface area (Å²) in [4.78, 5) is 17.7. The molecule has 3 aliphatic rings. The molecule has 32 heavy (non-hydrogen) atoms. The Kier molecular flexibility index (Phi) is 6.08. The summed E-state index contributed by atoms with van der Waals surface area (Å²) in [5.74, 6) is 0.205. The largest absolute Gasteiger partial charge is 0.339 e. The van der Waals surface area contributed by atoms with Gasteiger partial charge in [-0.2, -0.15) is 0 Å². The molecule has 0 bridgehead atoms. The molecule has 4 nitrogen and oxygen atoms in total. The fourth-order valence-electron chi connectivity index (χ4n) is 5.98. The lowest BCUT2D eigenvalue weighted by Gasteiger charge is -2.48. The van der Waals surface area contributed by atoms with Crippen LogP contribution in [0.1, 0.15) is 50.0 Å². The number of carbonyl (C=O) groups is 1. The van der Waals surface area contributed by atoms with Crippen LogP contribution >= 0.6 is 23.2 Å². The summed E-state index contributed by atoms with van der Waals surface area (Å²) in [5, 5.41) is 4.45. The summed E-state index contributed by atoms with van der Waals surface area (Å²) in [6, 6.07) is 12.7. The summed E-state index contributed by atoms with van der Waals surface area (Å²) >= 11 is 12.7. The Morgan fingerprint density at radius 3 is 2.44 bits per heavy atom. The lowest BCUT2D eigenvalue weighted by atomic mass is 9.77. The Labute approximate surface area is 198 Å². The molecule has 1 saturated carbocycles. The first-order chi connectivity index (χ1) is 15.5. The van der Waals surface area contributed by atoms with Gasteiger partial charge in [-0.1, -0.05) is 42.1 Å². The second kappa shape index (κ2) is 8.85. The van der Waals surface area contributed by atoms with Crippen molar-refractivity contribution in [2.45, 2.75) is 56.0 Å². The first kappa shape index (κ1) is 22.0. The van der Waals surface area contributed by atoms with Crippen molar-refractivity contribution in [2.24, 2.45) is 0 Å². The van der Waals surface area contributed by atoms with Gasteiger partial charge in [0, 0.05) is 40.8 Å². The summed E-state index contributed by atoms with van der Waals surface area (Å²) in [5.41, 5.74) is 1.52. The Balaban J connectivity index is 1.35. The van der Waals surface area contributed by atoms with E-state index in [4.69, 9.17) is 23.2 Å². The number of benzene rings is 2. The van der Waals surface area contributed by atoms with Crippen LogP contribution in [0, 0.1) is 5.82 Å². The van der Waals surface area contributed by atoms with Crippen LogP contribution < -0.4 is 10.2 Å². The maximum Gasteiger partial charge on any atom is 0.247 e. The third-order valence-electron chi connectivity index (χ3n) is 7.66. The number of anilines is 1. The number of hydrogen-bond acceptors (Lipinski definition) is 3. The highest BCUT2D eigenvalue weighted by atomic mass is 35.5. The van der Waals surface area contributed by atoms with Gasteiger partial charge in [0.2, 0.25) is 5.91 Å². The molecule has 2 aromatic rings. The number of nitrogens with zero attached hydrogens (tertiary/aromatic N) is 2. The molecule has 2 saturated heterocycles. The van der Waals surface area contributed by atoms with Gasteiger partial charge in [-0.05, 0) is 67.6 Å². The van der Waals surface area contributed by atoms with E-state index in [0.29, 0.717) is 23.7 Å². The topological polar surface area (TPSA) is 35.6 Å². The molecule has 5 rings (SSSR count). The molecule has 1 amide bonds. The van der Waals surface area contributed by atoms with Gasteiger partial charge in [0.05, 0.1) is 6.67 Å². The fraction of sp³-hybridized carbons (Fsp3) is 0.480. The van der Waals surface area contributed by atoms with Crippen molar-refractivity contribution in [1.29, 1.82) is 0 Å². The minimum Gasteiger partial charge on any atom is -0.339 e. The van der Waals surface area contributed by atoms with Crippen LogP contribution in [0.25, 0.3) is 0 Å². The van der Waals surface area contributed by atoms with Crippen molar-refractivity contribution in [3.05, 3.63) is 63.9 Å². The molecule has 1 N–H and O–H groups in total. The van der Waals surface area contributed by atoms with Crippen molar-refractivity contribution in [3.63, 3.8) is 0 Å². The summed E-state index contributed by atoms with van der Waals surface area (Å²) in [6.07, 6.45) is 6.21. The monoisotopic (exact) mass is 475 g/mol. The zero-order chi connectivity index (χ0) is 22.3. The number of halogens is 3. The van der Waals surface area contributed by atoms with Crippen LogP contribution in [0.5, 0.6) is 0 Å². The van der Waals surface area contributed by atoms with Crippen molar-refractivity contribution >= 4 is 34.8 Å². The predicted octanol–water partition coefficient (Wildman–Crippen LogP) is 5.59. The average Bonchev–Trinajstić information content (AvgIpc) is 3.10. The highest BCUT2D eigenvalue weighted by Gasteiger charge is 2.51. The molecule has 2 heterocycles. The standard InChI is InChI=1S/C25H28Cl2FN3O/c26-17-5-10-20(22(27)15-17)21-3-1-2-4-23(21)30-13-11-25(12-14-30)24(32)29-16-31(25)19-8-6-18(28)7-9-19/h5-10,15,21,23H,1-4,11-14,16H2,(H,29,32). The predicted molar refractivity (Wildman–Crippen MR) is 127 cm³/mol. The summed E-state index contributed by atoms with van der Waals surface area (Å²) in [6.45, 7) is 2.19. The van der Waals surface area contributed by atoms with Crippen molar-refractivity contribution in [3.8, 4) is 0 Å². The highest BCUT2D eigenvalue weighted by Crippen LogP contribution is 2.43. The first-order valence-electron chi connectivity index (χ1n) is 11.5. The zero-order valence-corrected chi connectivity index (χ0v) is 19.5. The third-order valence-corrected chi connectivity index (χ3v) is 8.22. The number of likely N-dealkylation sites (tertiary alicyclic amines) is 1. The molecule has 3 fully saturated rings. The van der Waals surface area contributed by atoms with Crippen LogP contribution in [-0.2, 0) is 4.79 Å². The molecular weight excluding hydrogens is 448 g/mol. The third kappa shape index (κ3) is 3.89. The van der Waals surface area contributed by atoms with Gasteiger partial charge in [0.15, 0.2) is 0 Å². The van der Waals surface area contributed by atoms with Crippen LogP contribution in [0.3, 0.4) is 0 Å². The van der Waals surface area contributed by atoms with E-state index in [0.717, 1.165) is 49.5 Å². The molecule has 1 spiro atoms. The number of piperidine rings is 1. The van der Waals surface area contributed by atoms with Crippen molar-refractivity contribution in [2.75, 3.05) is 24.7 Å². The van der Waals surface area contributed by atoms with Gasteiger partial charge in [0.1, 0.15) is 11.4 Å². The van der Waals surface area contributed by atoms with E-state index in [9.17, 15) is 9.18 Å². The quantitative estimate of drug-likeness (QED) is 0.628. The molecular formula is C25H28Cl2FN3O. The SMILES string of the molecule is O=C1NCN(c2ccc(F)cc2)C12CCN(C1CCCCC1c1ccc(Cl)cc1Cl)CC2. The highest BCUT2D eigenvalue weighted by molar-refractivity contribution is 6.35. The average molecular weight is 476 g/mol. The Hall–Kier alpha value is -1.82. The minimum absolute atomic E-state index is 0.0856.